The summed E-state index contributed by atoms with van der Waals surface area (Å²) in [5, 5.41) is 10.6. The molecular formula is C16H24N2O2S. The van der Waals surface area contributed by atoms with Crippen LogP contribution in [0.5, 0.6) is 0 Å². The Morgan fingerprint density at radius 3 is 2.71 bits per heavy atom. The van der Waals surface area contributed by atoms with Gasteiger partial charge >= 0.3 is 5.97 Å². The summed E-state index contributed by atoms with van der Waals surface area (Å²) in [6.07, 6.45) is 6.82. The van der Waals surface area contributed by atoms with Crippen molar-refractivity contribution in [3.63, 3.8) is 0 Å². The lowest BCUT2D eigenvalue weighted by Crippen LogP contribution is -2.18. The van der Waals surface area contributed by atoms with Gasteiger partial charge in [0.2, 0.25) is 0 Å². The zero-order chi connectivity index (χ0) is 15.4. The number of thioether (sulfide) groups is 1. The van der Waals surface area contributed by atoms with Crippen molar-refractivity contribution in [1.82, 2.24) is 9.97 Å². The van der Waals surface area contributed by atoms with E-state index >= 15 is 0 Å². The highest BCUT2D eigenvalue weighted by Crippen LogP contribution is 2.38. The van der Waals surface area contributed by atoms with Crippen molar-refractivity contribution in [2.24, 2.45) is 5.92 Å². The summed E-state index contributed by atoms with van der Waals surface area (Å²) >= 11 is 1.65. The standard InChI is InChI=1S/C16H24N2O2S/c1-4-11-7-6-8-12(9-11)21-15-14(16(19)20)10(3)17-13(5-2)18-15/h11-12H,4-9H2,1-3H3,(H,19,20). The molecule has 0 spiro atoms. The van der Waals surface area contributed by atoms with Gasteiger partial charge in [0.25, 0.3) is 0 Å². The van der Waals surface area contributed by atoms with Crippen LogP contribution in [0.4, 0.5) is 0 Å². The molecular weight excluding hydrogens is 284 g/mol. The quantitative estimate of drug-likeness (QED) is 0.829. The van der Waals surface area contributed by atoms with E-state index in [0.717, 1.165) is 24.6 Å². The second-order valence-corrected chi connectivity index (χ2v) is 7.03. The van der Waals surface area contributed by atoms with Gasteiger partial charge in [-0.25, -0.2) is 14.8 Å². The second-order valence-electron chi connectivity index (χ2n) is 5.74. The van der Waals surface area contributed by atoms with E-state index in [-0.39, 0.29) is 5.56 Å². The Kier molecular flexibility index (Phi) is 5.62. The first-order valence-corrected chi connectivity index (χ1v) is 8.70. The van der Waals surface area contributed by atoms with Crippen LogP contribution in [0.15, 0.2) is 5.03 Å². The Balaban J connectivity index is 2.25. The summed E-state index contributed by atoms with van der Waals surface area (Å²) in [6.45, 7) is 6.01. The molecule has 5 heteroatoms. The van der Waals surface area contributed by atoms with Gasteiger partial charge in [0.15, 0.2) is 0 Å². The van der Waals surface area contributed by atoms with E-state index in [9.17, 15) is 9.90 Å². The van der Waals surface area contributed by atoms with Crippen LogP contribution < -0.4 is 0 Å². The molecule has 2 atom stereocenters. The summed E-state index contributed by atoms with van der Waals surface area (Å²) in [5.74, 6) is 0.599. The van der Waals surface area contributed by atoms with E-state index in [1.807, 2.05) is 6.92 Å². The normalized spacial score (nSPS) is 22.2. The monoisotopic (exact) mass is 308 g/mol. The van der Waals surface area contributed by atoms with Crippen molar-refractivity contribution < 1.29 is 9.90 Å². The van der Waals surface area contributed by atoms with Gasteiger partial charge in [-0.2, -0.15) is 0 Å². The summed E-state index contributed by atoms with van der Waals surface area (Å²) in [4.78, 5) is 20.3. The number of aryl methyl sites for hydroxylation is 2. The van der Waals surface area contributed by atoms with Crippen molar-refractivity contribution >= 4 is 17.7 Å². The third kappa shape index (κ3) is 3.96. The lowest BCUT2D eigenvalue weighted by Gasteiger charge is -2.28. The third-order valence-corrected chi connectivity index (χ3v) is 5.50. The Morgan fingerprint density at radius 1 is 1.33 bits per heavy atom. The van der Waals surface area contributed by atoms with Gasteiger partial charge in [0, 0.05) is 11.7 Å². The number of carboxylic acid groups (broad SMARTS) is 1. The van der Waals surface area contributed by atoms with Gasteiger partial charge in [0.05, 0.1) is 5.69 Å². The first-order valence-electron chi connectivity index (χ1n) is 7.82. The lowest BCUT2D eigenvalue weighted by atomic mass is 9.87. The molecule has 116 valence electrons. The van der Waals surface area contributed by atoms with Crippen LogP contribution >= 0.6 is 11.8 Å². The van der Waals surface area contributed by atoms with Gasteiger partial charge in [-0.3, -0.25) is 0 Å². The zero-order valence-electron chi connectivity index (χ0n) is 13.1. The smallest absolute Gasteiger partial charge is 0.340 e. The molecule has 21 heavy (non-hydrogen) atoms. The Hall–Kier alpha value is -1.10. The van der Waals surface area contributed by atoms with E-state index in [1.54, 1.807) is 18.7 Å². The van der Waals surface area contributed by atoms with Crippen LogP contribution in [0.25, 0.3) is 0 Å². The predicted molar refractivity (Wildman–Crippen MR) is 85.0 cm³/mol. The fraction of sp³-hybridized carbons (Fsp3) is 0.688. The van der Waals surface area contributed by atoms with Crippen LogP contribution in [0, 0.1) is 12.8 Å². The molecule has 0 aliphatic heterocycles. The molecule has 0 amide bonds. The maximum atomic E-state index is 11.5. The Labute approximate surface area is 130 Å². The lowest BCUT2D eigenvalue weighted by molar-refractivity contribution is 0.0690. The highest BCUT2D eigenvalue weighted by Gasteiger charge is 2.25. The average Bonchev–Trinajstić information content (AvgIpc) is 2.46. The molecule has 0 radical (unpaired) electrons. The number of hydrogen-bond donors (Lipinski definition) is 1. The summed E-state index contributed by atoms with van der Waals surface area (Å²) in [5.41, 5.74) is 0.871. The molecule has 1 aromatic heterocycles. The molecule has 1 fully saturated rings. The van der Waals surface area contributed by atoms with E-state index in [2.05, 4.69) is 16.9 Å². The number of hydrogen-bond acceptors (Lipinski definition) is 4. The molecule has 2 rings (SSSR count). The van der Waals surface area contributed by atoms with Crippen LogP contribution in [0.2, 0.25) is 0 Å². The third-order valence-electron chi connectivity index (χ3n) is 4.22. The van der Waals surface area contributed by atoms with Gasteiger partial charge in [-0.05, 0) is 25.7 Å². The first kappa shape index (κ1) is 16.3. The predicted octanol–water partition coefficient (Wildman–Crippen LogP) is 4.11. The molecule has 1 aliphatic rings. The Bertz CT molecular complexity index is 519. The van der Waals surface area contributed by atoms with Crippen LogP contribution in [0.3, 0.4) is 0 Å². The van der Waals surface area contributed by atoms with Gasteiger partial charge < -0.3 is 5.11 Å². The minimum Gasteiger partial charge on any atom is -0.478 e. The SMILES string of the molecule is CCc1nc(C)c(C(=O)O)c(SC2CCCC(CC)C2)n1. The minimum absolute atomic E-state index is 0.288. The van der Waals surface area contributed by atoms with Crippen LogP contribution in [-0.2, 0) is 6.42 Å². The molecule has 0 bridgehead atoms. The van der Waals surface area contributed by atoms with E-state index in [1.165, 1.54) is 25.7 Å². The summed E-state index contributed by atoms with van der Waals surface area (Å²) in [7, 11) is 0. The number of carboxylic acids is 1. The highest BCUT2D eigenvalue weighted by atomic mass is 32.2. The number of rotatable bonds is 5. The van der Waals surface area contributed by atoms with Crippen molar-refractivity contribution in [2.75, 3.05) is 0 Å². The van der Waals surface area contributed by atoms with E-state index in [4.69, 9.17) is 0 Å². The summed E-state index contributed by atoms with van der Waals surface area (Å²) in [6, 6.07) is 0. The van der Waals surface area contributed by atoms with Crippen molar-refractivity contribution in [1.29, 1.82) is 0 Å². The summed E-state index contributed by atoms with van der Waals surface area (Å²) < 4.78 is 0. The van der Waals surface area contributed by atoms with Crippen molar-refractivity contribution in [3.8, 4) is 0 Å². The topological polar surface area (TPSA) is 63.1 Å². The van der Waals surface area contributed by atoms with Crippen LogP contribution in [-0.4, -0.2) is 26.3 Å². The second kappa shape index (κ2) is 7.25. The minimum atomic E-state index is -0.916. The molecule has 1 saturated carbocycles. The van der Waals surface area contributed by atoms with Crippen molar-refractivity contribution in [3.05, 3.63) is 17.1 Å². The molecule has 2 unspecified atom stereocenters. The molecule has 0 saturated heterocycles. The highest BCUT2D eigenvalue weighted by molar-refractivity contribution is 7.99. The zero-order valence-corrected chi connectivity index (χ0v) is 13.9. The van der Waals surface area contributed by atoms with Gasteiger partial charge in [0.1, 0.15) is 16.4 Å². The number of aromatic nitrogens is 2. The fourth-order valence-corrected chi connectivity index (χ4v) is 4.45. The Morgan fingerprint density at radius 2 is 2.10 bits per heavy atom. The number of aromatic carboxylic acids is 1. The molecule has 1 heterocycles. The van der Waals surface area contributed by atoms with Gasteiger partial charge in [-0.1, -0.05) is 33.1 Å². The molecule has 1 N–H and O–H groups in total. The maximum Gasteiger partial charge on any atom is 0.340 e. The van der Waals surface area contributed by atoms with Crippen molar-refractivity contribution in [2.45, 2.75) is 69.6 Å². The van der Waals surface area contributed by atoms with Crippen LogP contribution in [0.1, 0.15) is 67.8 Å². The average molecular weight is 308 g/mol. The maximum absolute atomic E-state index is 11.5. The number of carbonyl (C=O) groups is 1. The largest absolute Gasteiger partial charge is 0.478 e. The van der Waals surface area contributed by atoms with Gasteiger partial charge in [-0.15, -0.1) is 11.8 Å². The molecule has 0 aromatic carbocycles. The molecule has 1 aromatic rings. The fourth-order valence-electron chi connectivity index (χ4n) is 2.97. The van der Waals surface area contributed by atoms with E-state index < -0.39 is 5.97 Å². The number of nitrogens with zero attached hydrogens (tertiary/aromatic N) is 2. The first-order chi connectivity index (χ1) is 10.0. The molecule has 4 nitrogen and oxygen atoms in total. The molecule has 1 aliphatic carbocycles. The van der Waals surface area contributed by atoms with E-state index in [0.29, 0.717) is 16.0 Å².